The highest BCUT2D eigenvalue weighted by Gasteiger charge is 2.22. The zero-order valence-corrected chi connectivity index (χ0v) is 15.3. The molecule has 0 radical (unpaired) electrons. The van der Waals surface area contributed by atoms with E-state index in [4.69, 9.17) is 4.42 Å². The average molecular weight is 355 g/mol. The highest BCUT2D eigenvalue weighted by Crippen LogP contribution is 2.25. The number of amides is 2. The Balaban J connectivity index is 1.63. The van der Waals surface area contributed by atoms with Crippen LogP contribution in [0.4, 0.5) is 5.69 Å². The molecule has 6 heteroatoms. The Morgan fingerprint density at radius 1 is 1.23 bits per heavy atom. The van der Waals surface area contributed by atoms with Crippen molar-refractivity contribution in [1.29, 1.82) is 0 Å². The van der Waals surface area contributed by atoms with Crippen LogP contribution in [0.2, 0.25) is 0 Å². The van der Waals surface area contributed by atoms with Crippen molar-refractivity contribution in [3.63, 3.8) is 0 Å². The third-order valence-electron chi connectivity index (χ3n) is 4.72. The first-order chi connectivity index (χ1) is 12.6. The van der Waals surface area contributed by atoms with Crippen LogP contribution in [-0.4, -0.2) is 42.9 Å². The number of furan rings is 1. The molecule has 1 aliphatic rings. The maximum absolute atomic E-state index is 12.7. The quantitative estimate of drug-likeness (QED) is 0.865. The van der Waals surface area contributed by atoms with Gasteiger partial charge in [0, 0.05) is 32.4 Å². The number of para-hydroxylation sites is 1. The molecule has 2 aromatic rings. The molecular formula is C20H25N3O3. The summed E-state index contributed by atoms with van der Waals surface area (Å²) in [5.41, 5.74) is 2.73. The molecule has 0 bridgehead atoms. The lowest BCUT2D eigenvalue weighted by Gasteiger charge is -2.26. The summed E-state index contributed by atoms with van der Waals surface area (Å²) in [5.74, 6) is -0.441. The Bertz CT molecular complexity index is 751. The van der Waals surface area contributed by atoms with Gasteiger partial charge >= 0.3 is 0 Å². The molecule has 1 atom stereocenters. The fraction of sp³-hybridized carbons (Fsp3) is 0.400. The van der Waals surface area contributed by atoms with Crippen molar-refractivity contribution < 1.29 is 14.0 Å². The number of hydrogen-bond donors (Lipinski definition) is 1. The van der Waals surface area contributed by atoms with Crippen molar-refractivity contribution >= 4 is 17.5 Å². The second kappa shape index (κ2) is 8.08. The summed E-state index contributed by atoms with van der Waals surface area (Å²) in [6.07, 6.45) is 5.21. The van der Waals surface area contributed by atoms with Gasteiger partial charge in [0.2, 0.25) is 5.91 Å². The highest BCUT2D eigenvalue weighted by molar-refractivity contribution is 5.97. The van der Waals surface area contributed by atoms with Crippen LogP contribution in [-0.2, 0) is 11.3 Å². The number of nitrogens with one attached hydrogen (secondary N) is 1. The SMILES string of the molecule is C[C@@H](NC(=O)c1ccoc1)C(=O)N(C)Cc1ccccc1N1CCCC1. The van der Waals surface area contributed by atoms with Gasteiger partial charge in [0.25, 0.3) is 5.91 Å². The summed E-state index contributed by atoms with van der Waals surface area (Å²) in [7, 11) is 1.77. The molecule has 0 spiro atoms. The van der Waals surface area contributed by atoms with Crippen LogP contribution in [0, 0.1) is 0 Å². The van der Waals surface area contributed by atoms with E-state index in [1.807, 2.05) is 12.1 Å². The van der Waals surface area contributed by atoms with Crippen molar-refractivity contribution in [3.05, 3.63) is 54.0 Å². The monoisotopic (exact) mass is 355 g/mol. The summed E-state index contributed by atoms with van der Waals surface area (Å²) >= 11 is 0. The predicted octanol–water partition coefficient (Wildman–Crippen LogP) is 2.66. The van der Waals surface area contributed by atoms with Crippen molar-refractivity contribution in [2.24, 2.45) is 0 Å². The van der Waals surface area contributed by atoms with Crippen LogP contribution >= 0.6 is 0 Å². The van der Waals surface area contributed by atoms with E-state index in [1.165, 1.54) is 31.1 Å². The average Bonchev–Trinajstić information content (AvgIpc) is 3.35. The molecule has 0 saturated carbocycles. The molecule has 0 aliphatic carbocycles. The number of anilines is 1. The van der Waals surface area contributed by atoms with Gasteiger partial charge < -0.3 is 19.5 Å². The van der Waals surface area contributed by atoms with Gasteiger partial charge in [0.1, 0.15) is 12.3 Å². The molecule has 2 heterocycles. The lowest BCUT2D eigenvalue weighted by Crippen LogP contribution is -2.45. The van der Waals surface area contributed by atoms with E-state index in [0.717, 1.165) is 18.7 Å². The minimum atomic E-state index is -0.610. The third-order valence-corrected chi connectivity index (χ3v) is 4.72. The van der Waals surface area contributed by atoms with E-state index in [0.29, 0.717) is 12.1 Å². The van der Waals surface area contributed by atoms with E-state index in [-0.39, 0.29) is 11.8 Å². The normalized spacial score (nSPS) is 14.9. The fourth-order valence-electron chi connectivity index (χ4n) is 3.31. The number of likely N-dealkylation sites (N-methyl/N-ethyl adjacent to an activating group) is 1. The van der Waals surface area contributed by atoms with E-state index in [2.05, 4.69) is 22.3 Å². The molecule has 1 aromatic heterocycles. The zero-order chi connectivity index (χ0) is 18.5. The minimum absolute atomic E-state index is 0.127. The third kappa shape index (κ3) is 4.07. The minimum Gasteiger partial charge on any atom is -0.472 e. The van der Waals surface area contributed by atoms with Crippen LogP contribution in [0.15, 0.2) is 47.3 Å². The molecule has 6 nitrogen and oxygen atoms in total. The van der Waals surface area contributed by atoms with Crippen LogP contribution in [0.3, 0.4) is 0 Å². The van der Waals surface area contributed by atoms with Crippen LogP contribution in [0.25, 0.3) is 0 Å². The summed E-state index contributed by atoms with van der Waals surface area (Å²) in [6, 6.07) is 9.17. The number of rotatable bonds is 6. The lowest BCUT2D eigenvalue weighted by molar-refractivity contribution is -0.132. The highest BCUT2D eigenvalue weighted by atomic mass is 16.3. The van der Waals surface area contributed by atoms with E-state index in [1.54, 1.807) is 24.9 Å². The van der Waals surface area contributed by atoms with E-state index < -0.39 is 6.04 Å². The molecule has 0 unspecified atom stereocenters. The van der Waals surface area contributed by atoms with Crippen LogP contribution < -0.4 is 10.2 Å². The van der Waals surface area contributed by atoms with Gasteiger partial charge in [-0.25, -0.2) is 0 Å². The standard InChI is InChI=1S/C20H25N3O3/c1-15(21-19(24)17-9-12-26-14-17)20(25)22(2)13-16-7-3-4-8-18(16)23-10-5-6-11-23/h3-4,7-9,12,14-15H,5-6,10-11,13H2,1-2H3,(H,21,24)/t15-/m1/s1. The van der Waals surface area contributed by atoms with Crippen LogP contribution in [0.1, 0.15) is 35.7 Å². The van der Waals surface area contributed by atoms with Crippen molar-refractivity contribution in [2.75, 3.05) is 25.0 Å². The molecule has 1 aliphatic heterocycles. The Hall–Kier alpha value is -2.76. The Morgan fingerprint density at radius 2 is 1.96 bits per heavy atom. The maximum atomic E-state index is 12.7. The molecule has 2 amide bonds. The molecule has 1 aromatic carbocycles. The summed E-state index contributed by atoms with van der Waals surface area (Å²) in [6.45, 7) is 4.33. The molecule has 138 valence electrons. The van der Waals surface area contributed by atoms with Gasteiger partial charge in [-0.05, 0) is 37.5 Å². The molecule has 1 saturated heterocycles. The lowest BCUT2D eigenvalue weighted by atomic mass is 10.1. The molecule has 1 N–H and O–H groups in total. The smallest absolute Gasteiger partial charge is 0.255 e. The Labute approximate surface area is 153 Å². The summed E-state index contributed by atoms with van der Waals surface area (Å²) in [5, 5.41) is 2.72. The van der Waals surface area contributed by atoms with Crippen molar-refractivity contribution in [1.82, 2.24) is 10.2 Å². The zero-order valence-electron chi connectivity index (χ0n) is 15.3. The number of benzene rings is 1. The van der Waals surface area contributed by atoms with Gasteiger partial charge in [0.05, 0.1) is 11.8 Å². The maximum Gasteiger partial charge on any atom is 0.255 e. The number of carbonyl (C=O) groups is 2. The first-order valence-electron chi connectivity index (χ1n) is 8.97. The predicted molar refractivity (Wildman–Crippen MR) is 100.0 cm³/mol. The number of nitrogens with zero attached hydrogens (tertiary/aromatic N) is 2. The first-order valence-corrected chi connectivity index (χ1v) is 8.97. The van der Waals surface area contributed by atoms with Gasteiger partial charge in [-0.3, -0.25) is 9.59 Å². The molecular weight excluding hydrogens is 330 g/mol. The van der Waals surface area contributed by atoms with Crippen LogP contribution in [0.5, 0.6) is 0 Å². The van der Waals surface area contributed by atoms with E-state index in [9.17, 15) is 9.59 Å². The second-order valence-electron chi connectivity index (χ2n) is 6.72. The Kier molecular flexibility index (Phi) is 5.61. The number of hydrogen-bond acceptors (Lipinski definition) is 4. The molecule has 26 heavy (non-hydrogen) atoms. The van der Waals surface area contributed by atoms with Gasteiger partial charge in [-0.2, -0.15) is 0 Å². The first kappa shape index (κ1) is 18.0. The van der Waals surface area contributed by atoms with Gasteiger partial charge in [0.15, 0.2) is 0 Å². The van der Waals surface area contributed by atoms with E-state index >= 15 is 0 Å². The topological polar surface area (TPSA) is 65.8 Å². The summed E-state index contributed by atoms with van der Waals surface area (Å²) < 4.78 is 4.91. The largest absolute Gasteiger partial charge is 0.472 e. The van der Waals surface area contributed by atoms with Gasteiger partial charge in [-0.15, -0.1) is 0 Å². The van der Waals surface area contributed by atoms with Crippen molar-refractivity contribution in [2.45, 2.75) is 32.4 Å². The molecule has 3 rings (SSSR count). The molecule has 1 fully saturated rings. The van der Waals surface area contributed by atoms with Gasteiger partial charge in [-0.1, -0.05) is 18.2 Å². The second-order valence-corrected chi connectivity index (χ2v) is 6.72. The fourth-order valence-corrected chi connectivity index (χ4v) is 3.31. The van der Waals surface area contributed by atoms with Crippen molar-refractivity contribution in [3.8, 4) is 0 Å². The Morgan fingerprint density at radius 3 is 2.65 bits per heavy atom. The number of carbonyl (C=O) groups excluding carboxylic acids is 2. The summed E-state index contributed by atoms with van der Waals surface area (Å²) in [4.78, 5) is 28.8.